The van der Waals surface area contributed by atoms with Crippen molar-refractivity contribution in [2.45, 2.75) is 115 Å². The van der Waals surface area contributed by atoms with Gasteiger partial charge in [-0.2, -0.15) is 20.4 Å². The van der Waals surface area contributed by atoms with Crippen LogP contribution in [0.5, 0.6) is 0 Å². The Labute approximate surface area is 842 Å². The maximum absolute atomic E-state index is 9.92. The second-order valence-electron chi connectivity index (χ2n) is 40.1. The number of benzene rings is 4. The molecule has 0 spiro atoms. The number of likely N-dealkylation sites (tertiary alicyclic amines) is 3. The van der Waals surface area contributed by atoms with Crippen molar-refractivity contribution in [1.29, 1.82) is 0 Å². The van der Waals surface area contributed by atoms with E-state index in [9.17, 15) is 10.2 Å². The quantitative estimate of drug-likeness (QED) is 0.0337. The Balaban J connectivity index is 0.000000104. The zero-order valence-corrected chi connectivity index (χ0v) is 82.2. The molecule has 0 atom stereocenters. The Morgan fingerprint density at radius 3 is 0.945 bits per heavy atom. The average Bonchev–Trinajstić information content (AvgIpc) is 1.62. The Kier molecular flexibility index (Phi) is 26.8. The second kappa shape index (κ2) is 41.9. The van der Waals surface area contributed by atoms with E-state index in [0.717, 1.165) is 357 Å². The van der Waals surface area contributed by atoms with Gasteiger partial charge in [0.2, 0.25) is 0 Å². The molecule has 27 rings (SSSR count). The number of nitrogens with one attached hydrogen (secondary N) is 11. The van der Waals surface area contributed by atoms with E-state index in [4.69, 9.17) is 19.9 Å². The van der Waals surface area contributed by atoms with E-state index in [0.29, 0.717) is 5.92 Å². The van der Waals surface area contributed by atoms with Gasteiger partial charge in [-0.3, -0.25) is 75.0 Å². The Hall–Kier alpha value is -15.1. The largest absolute Gasteiger partial charge is 0.393 e. The summed E-state index contributed by atoms with van der Waals surface area (Å²) in [4.78, 5) is 86.4. The molecule has 4 aromatic carbocycles. The molecule has 1 saturated carbocycles. The number of hydrogen-bond acceptors (Lipinski definition) is 28. The van der Waals surface area contributed by atoms with Gasteiger partial charge in [0.05, 0.1) is 122 Å². The number of nitrogens with zero attached hydrogens (tertiary/aromatic N) is 23. The Morgan fingerprint density at radius 1 is 0.288 bits per heavy atom. The number of aliphatic hydroxyl groups is 2. The number of rotatable bonds is 20. The number of pyridine rings is 8. The summed E-state index contributed by atoms with van der Waals surface area (Å²) in [5.41, 5.74) is 32.6. The van der Waals surface area contributed by atoms with Crippen molar-refractivity contribution in [2.75, 3.05) is 147 Å². The van der Waals surface area contributed by atoms with Crippen LogP contribution in [0.4, 0.5) is 17.1 Å². The van der Waals surface area contributed by atoms with Gasteiger partial charge in [-0.25, -0.2) is 19.9 Å². The summed E-state index contributed by atoms with van der Waals surface area (Å²) in [6.07, 6.45) is 42.0. The van der Waals surface area contributed by atoms with Crippen LogP contribution in [0.15, 0.2) is 196 Å². The first kappa shape index (κ1) is 93.2. The highest BCUT2D eigenvalue weighted by Crippen LogP contribution is 2.42. The van der Waals surface area contributed by atoms with Crippen molar-refractivity contribution in [3.05, 3.63) is 224 Å². The average molecular weight is 1950 g/mol. The highest BCUT2D eigenvalue weighted by molar-refractivity contribution is 6.02. The van der Waals surface area contributed by atoms with Crippen molar-refractivity contribution in [2.24, 2.45) is 0 Å². The second-order valence-corrected chi connectivity index (χ2v) is 40.1. The van der Waals surface area contributed by atoms with E-state index in [2.05, 4.69) is 262 Å². The predicted molar refractivity (Wildman–Crippen MR) is 573 cm³/mol. The lowest BCUT2D eigenvalue weighted by Gasteiger charge is -2.29. The molecule has 20 aromatic rings. The molecule has 36 nitrogen and oxygen atoms in total. The summed E-state index contributed by atoms with van der Waals surface area (Å²) in [6.45, 7) is 21.6. The van der Waals surface area contributed by atoms with Crippen LogP contribution in [0.2, 0.25) is 0 Å². The number of aliphatic hydroxyl groups excluding tert-OH is 2. The van der Waals surface area contributed by atoms with Crippen LogP contribution in [0.25, 0.3) is 178 Å². The zero-order chi connectivity index (χ0) is 97.9. The van der Waals surface area contributed by atoms with Crippen LogP contribution in [0.3, 0.4) is 0 Å². The minimum Gasteiger partial charge on any atom is -0.393 e. The maximum atomic E-state index is 9.92. The lowest BCUT2D eigenvalue weighted by molar-refractivity contribution is 0.0792. The highest BCUT2D eigenvalue weighted by Gasteiger charge is 2.30. The van der Waals surface area contributed by atoms with Crippen LogP contribution < -0.4 is 30.7 Å². The zero-order valence-electron chi connectivity index (χ0n) is 82.2. The molecule has 146 heavy (non-hydrogen) atoms. The van der Waals surface area contributed by atoms with Gasteiger partial charge in [0.15, 0.2) is 23.3 Å². The molecule has 16 aromatic heterocycles. The van der Waals surface area contributed by atoms with Crippen molar-refractivity contribution in [3.8, 4) is 90.6 Å². The van der Waals surface area contributed by atoms with Gasteiger partial charge in [-0.15, -0.1) is 0 Å². The summed E-state index contributed by atoms with van der Waals surface area (Å²) < 4.78 is 0. The number of imidazole rings is 4. The molecular weight excluding hydrogens is 1830 g/mol. The first-order chi connectivity index (χ1) is 71.9. The fourth-order valence-electron chi connectivity index (χ4n) is 22.0. The Bertz CT molecular complexity index is 8000. The number of hydrogen-bond donors (Lipinski definition) is 13. The standard InChI is InChI=1S/C28H31N9O.C28H31N9.C27H29N9.C27H29N7O/c38-21-3-7-36(8-4-21)17-18-11-20(14-30-13-18)19-1-2-23-22(12-19)26(35-34-23)28-32-24-15-31-16-25(27(24)33-28)37-9-5-29-6-10-37;1-2-8-36(9-3-1)18-19-12-21(15-30-14-19)20-4-5-23-22(13-20)26(35-34-23)28-32-24-16-31-17-25(27(24)33-28)37-10-6-29-7-11-37;1-2-8-35(7-1)17-18-11-20(14-29-13-18)19-3-4-22-21(12-19)25(34-33-22)27-31-23-15-30-16-24(26(23)32-27)36-9-5-28-6-10-36;1-34(2)15-16-9-19(12-28-11-16)18-5-8-23-21(10-18)26(33-32-23)27-30-24-14-29-13-22(25(24)31-27)17-3-6-20(35)7-4-17/h1-2,11-16,21,29,38H,3-10,17H2,(H,32,33)(H,34,35);4-5,12-17,29H,1-3,6-11,18H2,(H,32,33)(H,34,35);3-4,11-16,28H,1-2,5-10,17H2,(H,31,32)(H,33,34);5,8-14,17,20,35H,3-4,6-7,15H2,1-2H3,(H,30,31)(H,32,33). The van der Waals surface area contributed by atoms with Gasteiger partial charge >= 0.3 is 0 Å². The molecule has 36 heteroatoms. The number of piperazine rings is 3. The monoisotopic (exact) mass is 1950 g/mol. The highest BCUT2D eigenvalue weighted by atomic mass is 16.3. The van der Waals surface area contributed by atoms with Gasteiger partial charge < -0.3 is 65.7 Å². The number of H-pyrrole nitrogens is 8. The van der Waals surface area contributed by atoms with Gasteiger partial charge in [0.1, 0.15) is 39.3 Å². The summed E-state index contributed by atoms with van der Waals surface area (Å²) >= 11 is 0. The topological polar surface area (TPSA) is 432 Å². The summed E-state index contributed by atoms with van der Waals surface area (Å²) in [6, 6.07) is 34.4. The van der Waals surface area contributed by atoms with Crippen LogP contribution in [0, 0.1) is 0 Å². The van der Waals surface area contributed by atoms with E-state index in [1.807, 2.05) is 99.1 Å². The van der Waals surface area contributed by atoms with E-state index >= 15 is 0 Å². The summed E-state index contributed by atoms with van der Waals surface area (Å²) in [5.74, 6) is 3.33. The van der Waals surface area contributed by atoms with Crippen LogP contribution in [-0.4, -0.2) is 294 Å². The minimum atomic E-state index is -0.184. The number of fused-ring (bicyclic) bond motifs is 8. The molecule has 13 N–H and O–H groups in total. The first-order valence-electron chi connectivity index (χ1n) is 51.5. The number of aromatic amines is 8. The van der Waals surface area contributed by atoms with E-state index in [-0.39, 0.29) is 12.2 Å². The van der Waals surface area contributed by atoms with Crippen LogP contribution >= 0.6 is 0 Å². The molecule has 1 aliphatic carbocycles. The Morgan fingerprint density at radius 2 is 0.589 bits per heavy atom. The van der Waals surface area contributed by atoms with Crippen molar-refractivity contribution in [1.82, 2.24) is 156 Å². The molecule has 6 saturated heterocycles. The van der Waals surface area contributed by atoms with E-state index in [1.54, 1.807) is 0 Å². The molecule has 6 aliphatic heterocycles. The lowest BCUT2D eigenvalue weighted by atomic mass is 9.83. The van der Waals surface area contributed by atoms with Gasteiger partial charge in [-0.1, -0.05) is 30.7 Å². The molecule has 7 fully saturated rings. The van der Waals surface area contributed by atoms with Crippen molar-refractivity contribution >= 4 is 105 Å². The first-order valence-corrected chi connectivity index (χ1v) is 51.5. The van der Waals surface area contributed by atoms with Crippen molar-refractivity contribution < 1.29 is 10.2 Å². The smallest absolute Gasteiger partial charge is 0.159 e. The SMILES string of the molecule is CN(C)Cc1cncc(-c2ccc3[nH]nc(-c4nc5c(C6CCC(O)CC6)cncc5[nH]4)c3c2)c1.OC1CCN(Cc2cncc(-c3ccc4[nH]nc(-c5nc6c(N7CCNCC7)cncc6[nH]5)c4c3)c2)CC1.c1ncc(-c2ccc3[nH]nc(-c4nc5c(N6CCNCC6)cncc5[nH]4)c3c2)cc1CN1CCCC1.c1ncc(-c2ccc3[nH]nc(-c4nc5c(N6CCNCC6)cncc5[nH]4)c3c2)cc1CN1CCCCC1. The number of anilines is 3. The summed E-state index contributed by atoms with van der Waals surface area (Å²) in [5, 5.41) is 65.3. The van der Waals surface area contributed by atoms with Gasteiger partial charge in [0.25, 0.3) is 0 Å². The third-order valence-electron chi connectivity index (χ3n) is 29.6. The fraction of sp³-hybridized carbons (Fsp3) is 0.345. The maximum Gasteiger partial charge on any atom is 0.159 e. The molecule has 742 valence electrons. The normalized spacial score (nSPS) is 17.6. The molecule has 7 aliphatic rings. The van der Waals surface area contributed by atoms with Crippen molar-refractivity contribution in [3.63, 3.8) is 0 Å². The fourth-order valence-corrected chi connectivity index (χ4v) is 22.0. The van der Waals surface area contributed by atoms with Gasteiger partial charge in [0, 0.05) is 223 Å². The molecule has 0 bridgehead atoms. The summed E-state index contributed by atoms with van der Waals surface area (Å²) in [7, 11) is 4.12. The predicted octanol–water partition coefficient (Wildman–Crippen LogP) is 15.1. The number of aromatic nitrogens is 24. The third kappa shape index (κ3) is 20.1. The van der Waals surface area contributed by atoms with E-state index < -0.39 is 0 Å². The third-order valence-corrected chi connectivity index (χ3v) is 29.6. The van der Waals surface area contributed by atoms with Crippen LogP contribution in [-0.2, 0) is 26.2 Å². The molecular formula is C110H120N34O2. The number of piperidine rings is 2. The van der Waals surface area contributed by atoms with Crippen LogP contribution in [0.1, 0.15) is 104 Å². The lowest BCUT2D eigenvalue weighted by Crippen LogP contribution is -2.43. The molecule has 0 amide bonds. The van der Waals surface area contributed by atoms with E-state index in [1.165, 1.54) is 80.5 Å². The molecule has 0 radical (unpaired) electrons. The molecule has 22 heterocycles. The minimum absolute atomic E-state index is 0.164. The van der Waals surface area contributed by atoms with Gasteiger partial charge in [-0.05, 0) is 228 Å². The molecule has 0 unspecified atom stereocenters.